The number of carboxylic acid groups (broad SMARTS) is 1. The maximum absolute atomic E-state index is 11.3. The third-order valence-corrected chi connectivity index (χ3v) is 3.60. The van der Waals surface area contributed by atoms with Crippen LogP contribution in [0.5, 0.6) is 11.5 Å². The molecule has 0 saturated carbocycles. The summed E-state index contributed by atoms with van der Waals surface area (Å²) in [5.41, 5.74) is 0.603. The van der Waals surface area contributed by atoms with Crippen LogP contribution in [0.1, 0.15) is 12.8 Å². The molecule has 112 valence electrons. The Morgan fingerprint density at radius 2 is 2.14 bits per heavy atom. The van der Waals surface area contributed by atoms with Crippen molar-refractivity contribution in [2.24, 2.45) is 0 Å². The Balaban J connectivity index is 1.62. The monoisotopic (exact) mass is 292 g/mol. The quantitative estimate of drug-likeness (QED) is 0.863. The lowest BCUT2D eigenvalue weighted by Crippen LogP contribution is -2.41. The van der Waals surface area contributed by atoms with Crippen molar-refractivity contribution in [2.45, 2.75) is 18.9 Å². The molecule has 0 unspecified atom stereocenters. The van der Waals surface area contributed by atoms with Gasteiger partial charge in [0.05, 0.1) is 5.69 Å². The summed E-state index contributed by atoms with van der Waals surface area (Å²) < 4.78 is 11.1. The number of benzene rings is 1. The van der Waals surface area contributed by atoms with E-state index in [1.165, 1.54) is 4.90 Å². The van der Waals surface area contributed by atoms with E-state index in [4.69, 9.17) is 14.6 Å². The summed E-state index contributed by atoms with van der Waals surface area (Å²) in [6.07, 6.45) is 0.416. The van der Waals surface area contributed by atoms with E-state index in [0.29, 0.717) is 43.1 Å². The number of carbonyl (C=O) groups excluding carboxylic acids is 1. The smallest absolute Gasteiger partial charge is 0.407 e. The van der Waals surface area contributed by atoms with Crippen LogP contribution in [-0.4, -0.2) is 47.8 Å². The van der Waals surface area contributed by atoms with Gasteiger partial charge in [-0.2, -0.15) is 0 Å². The van der Waals surface area contributed by atoms with Crippen LogP contribution in [-0.2, 0) is 4.79 Å². The highest BCUT2D eigenvalue weighted by Gasteiger charge is 2.24. The Morgan fingerprint density at radius 1 is 1.38 bits per heavy atom. The first-order valence-corrected chi connectivity index (χ1v) is 6.83. The summed E-state index contributed by atoms with van der Waals surface area (Å²) in [5.74, 6) is 1.09. The van der Waals surface area contributed by atoms with Crippen LogP contribution in [0.25, 0.3) is 0 Å². The molecule has 0 atom stereocenters. The van der Waals surface area contributed by atoms with Crippen molar-refractivity contribution in [3.8, 4) is 11.5 Å². The van der Waals surface area contributed by atoms with Crippen LogP contribution in [0.3, 0.4) is 0 Å². The summed E-state index contributed by atoms with van der Waals surface area (Å²) in [6.45, 7) is 0.983. The summed E-state index contributed by atoms with van der Waals surface area (Å²) >= 11 is 0. The van der Waals surface area contributed by atoms with E-state index >= 15 is 0 Å². The second-order valence-electron chi connectivity index (χ2n) is 5.08. The number of hydrogen-bond donors (Lipinski definition) is 2. The fourth-order valence-electron chi connectivity index (χ4n) is 2.49. The molecule has 21 heavy (non-hydrogen) atoms. The predicted molar refractivity (Wildman–Crippen MR) is 73.8 cm³/mol. The van der Waals surface area contributed by atoms with Crippen molar-refractivity contribution in [1.29, 1.82) is 0 Å². The third-order valence-electron chi connectivity index (χ3n) is 3.60. The van der Waals surface area contributed by atoms with Gasteiger partial charge in [-0.25, -0.2) is 4.79 Å². The molecule has 1 aromatic rings. The number of fused-ring (bicyclic) bond motifs is 1. The molecule has 2 aliphatic rings. The largest absolute Gasteiger partial charge is 0.490 e. The van der Waals surface area contributed by atoms with E-state index in [-0.39, 0.29) is 18.6 Å². The minimum atomic E-state index is -0.887. The van der Waals surface area contributed by atoms with Crippen molar-refractivity contribution in [2.75, 3.05) is 25.0 Å². The van der Waals surface area contributed by atoms with Crippen molar-refractivity contribution >= 4 is 17.7 Å². The van der Waals surface area contributed by atoms with Gasteiger partial charge in [0.1, 0.15) is 17.6 Å². The van der Waals surface area contributed by atoms with Crippen LogP contribution in [0.4, 0.5) is 10.5 Å². The predicted octanol–water partition coefficient (Wildman–Crippen LogP) is 1.54. The van der Waals surface area contributed by atoms with Gasteiger partial charge in [0.25, 0.3) is 5.91 Å². The topological polar surface area (TPSA) is 88.1 Å². The van der Waals surface area contributed by atoms with Gasteiger partial charge in [-0.3, -0.25) is 4.79 Å². The fourth-order valence-corrected chi connectivity index (χ4v) is 2.49. The SMILES string of the molecule is O=C1COc2ccc(OC3CCN(C(=O)O)CC3)cc2N1. The highest BCUT2D eigenvalue weighted by Crippen LogP contribution is 2.32. The van der Waals surface area contributed by atoms with Crippen molar-refractivity contribution in [1.82, 2.24) is 4.90 Å². The van der Waals surface area contributed by atoms with Crippen molar-refractivity contribution in [3.05, 3.63) is 18.2 Å². The number of piperidine rings is 1. The first-order chi connectivity index (χ1) is 10.1. The molecule has 0 spiro atoms. The van der Waals surface area contributed by atoms with Crippen LogP contribution in [0.15, 0.2) is 18.2 Å². The van der Waals surface area contributed by atoms with Crippen LogP contribution in [0, 0.1) is 0 Å². The Labute approximate surface area is 121 Å². The zero-order chi connectivity index (χ0) is 14.8. The lowest BCUT2D eigenvalue weighted by molar-refractivity contribution is -0.118. The molecular weight excluding hydrogens is 276 g/mol. The third kappa shape index (κ3) is 3.01. The van der Waals surface area contributed by atoms with E-state index in [0.717, 1.165) is 0 Å². The fraction of sp³-hybridized carbons (Fsp3) is 0.429. The van der Waals surface area contributed by atoms with Gasteiger partial charge in [0, 0.05) is 32.0 Å². The van der Waals surface area contributed by atoms with E-state index in [9.17, 15) is 9.59 Å². The van der Waals surface area contributed by atoms with E-state index < -0.39 is 6.09 Å². The number of amides is 2. The number of carbonyl (C=O) groups is 2. The van der Waals surface area contributed by atoms with E-state index in [2.05, 4.69) is 5.32 Å². The zero-order valence-electron chi connectivity index (χ0n) is 11.4. The van der Waals surface area contributed by atoms with Gasteiger partial charge in [-0.1, -0.05) is 0 Å². The van der Waals surface area contributed by atoms with Gasteiger partial charge in [0.2, 0.25) is 0 Å². The molecule has 0 aliphatic carbocycles. The minimum absolute atomic E-state index is 0.0149. The number of ether oxygens (including phenoxy) is 2. The number of hydrogen-bond acceptors (Lipinski definition) is 4. The number of nitrogens with one attached hydrogen (secondary N) is 1. The molecule has 0 bridgehead atoms. The zero-order valence-corrected chi connectivity index (χ0v) is 11.4. The average Bonchev–Trinajstić information content (AvgIpc) is 2.47. The lowest BCUT2D eigenvalue weighted by Gasteiger charge is -2.30. The summed E-state index contributed by atoms with van der Waals surface area (Å²) in [5, 5.41) is 11.6. The van der Waals surface area contributed by atoms with Crippen LogP contribution in [0.2, 0.25) is 0 Å². The molecule has 3 rings (SSSR count). The molecule has 7 heteroatoms. The first kappa shape index (κ1) is 13.5. The number of rotatable bonds is 2. The molecule has 0 aromatic heterocycles. The highest BCUT2D eigenvalue weighted by molar-refractivity contribution is 5.95. The van der Waals surface area contributed by atoms with Crippen molar-refractivity contribution in [3.63, 3.8) is 0 Å². The Morgan fingerprint density at radius 3 is 2.86 bits per heavy atom. The number of anilines is 1. The summed E-state index contributed by atoms with van der Waals surface area (Å²) in [6, 6.07) is 5.28. The molecule has 1 saturated heterocycles. The lowest BCUT2D eigenvalue weighted by atomic mass is 10.1. The van der Waals surface area contributed by atoms with Gasteiger partial charge < -0.3 is 24.8 Å². The van der Waals surface area contributed by atoms with Gasteiger partial charge in [0.15, 0.2) is 6.61 Å². The summed E-state index contributed by atoms with van der Waals surface area (Å²) in [7, 11) is 0. The molecule has 1 fully saturated rings. The molecule has 0 radical (unpaired) electrons. The highest BCUT2D eigenvalue weighted by atomic mass is 16.5. The van der Waals surface area contributed by atoms with Gasteiger partial charge >= 0.3 is 6.09 Å². The number of likely N-dealkylation sites (tertiary alicyclic amines) is 1. The van der Waals surface area contributed by atoms with Gasteiger partial charge in [-0.05, 0) is 12.1 Å². The van der Waals surface area contributed by atoms with Crippen LogP contribution < -0.4 is 14.8 Å². The van der Waals surface area contributed by atoms with E-state index in [1.807, 2.05) is 0 Å². The van der Waals surface area contributed by atoms with Crippen molar-refractivity contribution < 1.29 is 24.2 Å². The Bertz CT molecular complexity index is 566. The molecule has 2 aliphatic heterocycles. The number of nitrogens with zero attached hydrogens (tertiary/aromatic N) is 1. The normalized spacial score (nSPS) is 18.5. The molecule has 2 N–H and O–H groups in total. The van der Waals surface area contributed by atoms with Crippen LogP contribution >= 0.6 is 0 Å². The second-order valence-corrected chi connectivity index (χ2v) is 5.08. The maximum atomic E-state index is 11.3. The molecular formula is C14H16N2O5. The Hall–Kier alpha value is -2.44. The maximum Gasteiger partial charge on any atom is 0.407 e. The molecule has 1 aromatic carbocycles. The van der Waals surface area contributed by atoms with Gasteiger partial charge in [-0.15, -0.1) is 0 Å². The molecule has 2 amide bonds. The molecule has 2 heterocycles. The first-order valence-electron chi connectivity index (χ1n) is 6.83. The second kappa shape index (κ2) is 5.51. The average molecular weight is 292 g/mol. The van der Waals surface area contributed by atoms with E-state index in [1.54, 1.807) is 18.2 Å². The molecule has 7 nitrogen and oxygen atoms in total. The minimum Gasteiger partial charge on any atom is -0.490 e. The Kier molecular flexibility index (Phi) is 3.55. The standard InChI is InChI=1S/C14H16N2O5/c17-13-8-20-12-2-1-10(7-11(12)15-13)21-9-3-5-16(6-4-9)14(18)19/h1-2,7,9H,3-6,8H2,(H,15,17)(H,18,19). The summed E-state index contributed by atoms with van der Waals surface area (Å²) in [4.78, 5) is 23.5.